The van der Waals surface area contributed by atoms with Crippen molar-refractivity contribution in [2.45, 2.75) is 12.8 Å². The molecule has 1 aromatic carbocycles. The van der Waals surface area contributed by atoms with Crippen LogP contribution in [-0.4, -0.2) is 31.7 Å². The van der Waals surface area contributed by atoms with E-state index in [4.69, 9.17) is 0 Å². The Morgan fingerprint density at radius 1 is 0.950 bits per heavy atom. The maximum Gasteiger partial charge on any atom is 0.204 e. The maximum absolute atomic E-state index is 11.4. The van der Waals surface area contributed by atoms with Crippen LogP contribution in [0.5, 0.6) is 11.5 Å². The second kappa shape index (κ2) is 4.41. The minimum atomic E-state index is -0.461. The van der Waals surface area contributed by atoms with E-state index in [1.165, 1.54) is 18.3 Å². The number of rotatable bonds is 1. The number of carbonyl (C=O) groups excluding carboxylic acids is 2. The first-order valence-electron chi connectivity index (χ1n) is 5.98. The highest BCUT2D eigenvalue weighted by molar-refractivity contribution is 6.38. The predicted octanol–water partition coefficient (Wildman–Crippen LogP) is 0.792. The number of hydrogen-bond donors (Lipinski definition) is 2. The number of nitrogens with zero attached hydrogens (tertiary/aromatic N) is 2. The zero-order valence-corrected chi connectivity index (χ0v) is 10.3. The van der Waals surface area contributed by atoms with Gasteiger partial charge in [0, 0.05) is 5.56 Å². The normalized spacial score (nSPS) is 14.2. The van der Waals surface area contributed by atoms with Crippen molar-refractivity contribution in [2.75, 3.05) is 0 Å². The standard InChI is InChI=1S/C14H10N2O4/c17-11-2-1-7(3-12(11)18)10-6-15-8-4-13(19)14(20)5-9(8)16-10/h1-3,6,17-18H,4-5H2. The molecule has 0 saturated carbocycles. The molecule has 6 nitrogen and oxygen atoms in total. The molecule has 1 heterocycles. The van der Waals surface area contributed by atoms with Gasteiger partial charge in [-0.15, -0.1) is 0 Å². The second-order valence-corrected chi connectivity index (χ2v) is 4.55. The molecular weight excluding hydrogens is 260 g/mol. The fourth-order valence-corrected chi connectivity index (χ4v) is 2.06. The Balaban J connectivity index is 2.04. The van der Waals surface area contributed by atoms with Gasteiger partial charge in [-0.05, 0) is 18.2 Å². The van der Waals surface area contributed by atoms with Crippen molar-refractivity contribution in [1.29, 1.82) is 0 Å². The Kier molecular flexibility index (Phi) is 2.71. The summed E-state index contributed by atoms with van der Waals surface area (Å²) < 4.78 is 0. The number of phenols is 2. The third-order valence-corrected chi connectivity index (χ3v) is 3.17. The zero-order chi connectivity index (χ0) is 14.3. The summed E-state index contributed by atoms with van der Waals surface area (Å²) in [5, 5.41) is 18.8. The first-order chi connectivity index (χ1) is 9.54. The summed E-state index contributed by atoms with van der Waals surface area (Å²) in [7, 11) is 0. The van der Waals surface area contributed by atoms with Crippen molar-refractivity contribution in [3.63, 3.8) is 0 Å². The summed E-state index contributed by atoms with van der Waals surface area (Å²) in [5.74, 6) is -1.38. The summed E-state index contributed by atoms with van der Waals surface area (Å²) in [4.78, 5) is 31.2. The van der Waals surface area contributed by atoms with Gasteiger partial charge in [0.1, 0.15) is 0 Å². The Hall–Kier alpha value is -2.76. The van der Waals surface area contributed by atoms with Crippen LogP contribution in [0, 0.1) is 0 Å². The van der Waals surface area contributed by atoms with Crippen molar-refractivity contribution < 1.29 is 19.8 Å². The van der Waals surface area contributed by atoms with Gasteiger partial charge < -0.3 is 10.2 Å². The third-order valence-electron chi connectivity index (χ3n) is 3.17. The lowest BCUT2D eigenvalue weighted by Crippen LogP contribution is -2.27. The molecule has 0 aliphatic heterocycles. The number of aromatic hydroxyl groups is 2. The average Bonchev–Trinajstić information content (AvgIpc) is 2.43. The fraction of sp³-hybridized carbons (Fsp3) is 0.143. The van der Waals surface area contributed by atoms with Gasteiger partial charge >= 0.3 is 0 Å². The number of phenolic OH excluding ortho intramolecular Hbond substituents is 2. The van der Waals surface area contributed by atoms with Crippen LogP contribution in [0.1, 0.15) is 11.4 Å². The molecule has 0 atom stereocenters. The minimum Gasteiger partial charge on any atom is -0.504 e. The number of ketones is 2. The van der Waals surface area contributed by atoms with Crippen molar-refractivity contribution in [2.24, 2.45) is 0 Å². The molecule has 0 spiro atoms. The average molecular weight is 270 g/mol. The van der Waals surface area contributed by atoms with E-state index in [1.54, 1.807) is 6.07 Å². The Morgan fingerprint density at radius 3 is 2.35 bits per heavy atom. The van der Waals surface area contributed by atoms with E-state index in [0.29, 0.717) is 22.6 Å². The van der Waals surface area contributed by atoms with Crippen molar-refractivity contribution in [3.05, 3.63) is 35.8 Å². The molecule has 2 aromatic rings. The Morgan fingerprint density at radius 2 is 1.65 bits per heavy atom. The van der Waals surface area contributed by atoms with Gasteiger partial charge in [0.05, 0.1) is 36.1 Å². The molecule has 6 heteroatoms. The topological polar surface area (TPSA) is 100 Å². The summed E-state index contributed by atoms with van der Waals surface area (Å²) in [5.41, 5.74) is 2.04. The summed E-state index contributed by atoms with van der Waals surface area (Å²) >= 11 is 0. The van der Waals surface area contributed by atoms with Crippen LogP contribution in [0.3, 0.4) is 0 Å². The quantitative estimate of drug-likeness (QED) is 0.587. The van der Waals surface area contributed by atoms with E-state index in [1.807, 2.05) is 0 Å². The summed E-state index contributed by atoms with van der Waals surface area (Å²) in [6, 6.07) is 4.29. The van der Waals surface area contributed by atoms with Crippen LogP contribution < -0.4 is 0 Å². The van der Waals surface area contributed by atoms with Gasteiger partial charge in [-0.1, -0.05) is 0 Å². The summed E-state index contributed by atoms with van der Waals surface area (Å²) in [6.07, 6.45) is 1.43. The molecule has 3 rings (SSSR count). The maximum atomic E-state index is 11.4. The highest BCUT2D eigenvalue weighted by atomic mass is 16.3. The number of aromatic nitrogens is 2. The Labute approximate surface area is 113 Å². The van der Waals surface area contributed by atoms with Crippen LogP contribution in [0.4, 0.5) is 0 Å². The van der Waals surface area contributed by atoms with Crippen LogP contribution in [-0.2, 0) is 22.4 Å². The van der Waals surface area contributed by atoms with Gasteiger partial charge in [0.25, 0.3) is 0 Å². The molecule has 0 saturated heterocycles. The molecule has 0 bridgehead atoms. The van der Waals surface area contributed by atoms with Gasteiger partial charge in [-0.2, -0.15) is 0 Å². The van der Waals surface area contributed by atoms with Gasteiger partial charge in [-0.25, -0.2) is 4.98 Å². The lowest BCUT2D eigenvalue weighted by atomic mass is 9.97. The van der Waals surface area contributed by atoms with Crippen LogP contribution >= 0.6 is 0 Å². The van der Waals surface area contributed by atoms with E-state index in [-0.39, 0.29) is 24.3 Å². The first kappa shape index (κ1) is 12.3. The van der Waals surface area contributed by atoms with E-state index >= 15 is 0 Å². The van der Waals surface area contributed by atoms with Crippen LogP contribution in [0.25, 0.3) is 11.3 Å². The van der Waals surface area contributed by atoms with Crippen molar-refractivity contribution in [1.82, 2.24) is 9.97 Å². The Bertz CT molecular complexity index is 740. The lowest BCUT2D eigenvalue weighted by Gasteiger charge is -2.13. The van der Waals surface area contributed by atoms with E-state index in [0.717, 1.165) is 0 Å². The van der Waals surface area contributed by atoms with Gasteiger partial charge in [0.2, 0.25) is 11.6 Å². The number of hydrogen-bond acceptors (Lipinski definition) is 6. The molecule has 2 N–H and O–H groups in total. The molecule has 1 aliphatic carbocycles. The van der Waals surface area contributed by atoms with Crippen LogP contribution in [0.15, 0.2) is 24.4 Å². The zero-order valence-electron chi connectivity index (χ0n) is 10.3. The molecule has 0 radical (unpaired) electrons. The fourth-order valence-electron chi connectivity index (χ4n) is 2.06. The monoisotopic (exact) mass is 270 g/mol. The minimum absolute atomic E-state index is 0.0116. The smallest absolute Gasteiger partial charge is 0.204 e. The van der Waals surface area contributed by atoms with E-state index in [9.17, 15) is 19.8 Å². The molecule has 1 aliphatic rings. The number of fused-ring (bicyclic) bond motifs is 1. The SMILES string of the molecule is O=C1Cc2ncc(-c3ccc(O)c(O)c3)nc2CC1=O. The molecule has 20 heavy (non-hydrogen) atoms. The molecular formula is C14H10N2O4. The first-order valence-corrected chi connectivity index (χ1v) is 5.98. The molecule has 100 valence electrons. The molecule has 0 fully saturated rings. The molecule has 1 aromatic heterocycles. The molecule has 0 amide bonds. The van der Waals surface area contributed by atoms with Crippen molar-refractivity contribution in [3.8, 4) is 22.8 Å². The summed E-state index contributed by atoms with van der Waals surface area (Å²) in [6.45, 7) is 0. The highest BCUT2D eigenvalue weighted by Crippen LogP contribution is 2.30. The van der Waals surface area contributed by atoms with Crippen LogP contribution in [0.2, 0.25) is 0 Å². The van der Waals surface area contributed by atoms with Gasteiger partial charge in [-0.3, -0.25) is 14.6 Å². The highest BCUT2D eigenvalue weighted by Gasteiger charge is 2.26. The lowest BCUT2D eigenvalue weighted by molar-refractivity contribution is -0.136. The van der Waals surface area contributed by atoms with E-state index < -0.39 is 11.6 Å². The third kappa shape index (κ3) is 2.01. The van der Waals surface area contributed by atoms with Gasteiger partial charge in [0.15, 0.2) is 11.5 Å². The predicted molar refractivity (Wildman–Crippen MR) is 68.2 cm³/mol. The molecule has 0 unspecified atom stereocenters. The number of Topliss-reactive ketones (excluding diaryl/α,β-unsaturated/α-hetero) is 2. The van der Waals surface area contributed by atoms with E-state index in [2.05, 4.69) is 9.97 Å². The second-order valence-electron chi connectivity index (χ2n) is 4.55. The number of benzene rings is 1. The largest absolute Gasteiger partial charge is 0.504 e. The van der Waals surface area contributed by atoms with Crippen molar-refractivity contribution >= 4 is 11.6 Å². The number of carbonyl (C=O) groups is 2.